The van der Waals surface area contributed by atoms with E-state index < -0.39 is 0 Å². The van der Waals surface area contributed by atoms with Crippen molar-refractivity contribution in [1.29, 1.82) is 0 Å². The molecule has 0 aliphatic heterocycles. The molecule has 2 rings (SSSR count). The summed E-state index contributed by atoms with van der Waals surface area (Å²) in [6.45, 7) is 5.53. The third-order valence-corrected chi connectivity index (χ3v) is 2.89. The zero-order valence-corrected chi connectivity index (χ0v) is 12.2. The van der Waals surface area contributed by atoms with Gasteiger partial charge in [0.25, 0.3) is 0 Å². The maximum atomic E-state index is 13.7. The van der Waals surface area contributed by atoms with Crippen LogP contribution < -0.4 is 5.32 Å². The van der Waals surface area contributed by atoms with Crippen molar-refractivity contribution in [2.45, 2.75) is 33.5 Å². The van der Waals surface area contributed by atoms with E-state index >= 15 is 0 Å². The second-order valence-corrected chi connectivity index (χ2v) is 4.29. The van der Waals surface area contributed by atoms with Crippen LogP contribution in [0.3, 0.4) is 0 Å². The molecule has 7 heteroatoms. The van der Waals surface area contributed by atoms with Gasteiger partial charge in [-0.25, -0.2) is 4.68 Å². The molecule has 5 nitrogen and oxygen atoms in total. The molecule has 0 aliphatic rings. The van der Waals surface area contributed by atoms with Crippen molar-refractivity contribution >= 4 is 12.4 Å². The van der Waals surface area contributed by atoms with E-state index in [1.807, 2.05) is 27.1 Å². The number of halogens is 2. The molecule has 2 aromatic rings. The fourth-order valence-corrected chi connectivity index (χ4v) is 1.90. The van der Waals surface area contributed by atoms with Crippen LogP contribution in [-0.2, 0) is 26.7 Å². The predicted octanol–water partition coefficient (Wildman–Crippen LogP) is 1.80. The summed E-state index contributed by atoms with van der Waals surface area (Å²) < 4.78 is 16.8. The Balaban J connectivity index is 0.00000180. The third-order valence-electron chi connectivity index (χ3n) is 2.89. The molecule has 0 fully saturated rings. The van der Waals surface area contributed by atoms with Gasteiger partial charge in [0.05, 0.1) is 11.9 Å². The van der Waals surface area contributed by atoms with Crippen molar-refractivity contribution in [2.24, 2.45) is 7.05 Å². The van der Waals surface area contributed by atoms with Crippen LogP contribution in [-0.4, -0.2) is 19.6 Å². The van der Waals surface area contributed by atoms with Crippen LogP contribution in [0.25, 0.3) is 0 Å². The number of aryl methyl sites for hydroxylation is 3. The molecule has 2 heterocycles. The summed E-state index contributed by atoms with van der Waals surface area (Å²) in [5.74, 6) is -0.257. The zero-order valence-electron chi connectivity index (χ0n) is 11.4. The van der Waals surface area contributed by atoms with Crippen molar-refractivity contribution in [3.05, 3.63) is 35.2 Å². The molecule has 1 N–H and O–H groups in total. The average Bonchev–Trinajstić information content (AvgIpc) is 2.83. The minimum absolute atomic E-state index is 0. The Morgan fingerprint density at radius 3 is 2.53 bits per heavy atom. The topological polar surface area (TPSA) is 47.7 Å². The number of rotatable bonds is 5. The number of hydrogen-bond acceptors (Lipinski definition) is 3. The molecule has 0 bridgehead atoms. The Morgan fingerprint density at radius 1 is 1.32 bits per heavy atom. The Labute approximate surface area is 118 Å². The zero-order chi connectivity index (χ0) is 13.1. The smallest absolute Gasteiger partial charge is 0.215 e. The van der Waals surface area contributed by atoms with E-state index in [1.165, 1.54) is 4.68 Å². The van der Waals surface area contributed by atoms with E-state index in [4.69, 9.17) is 0 Å². The van der Waals surface area contributed by atoms with Gasteiger partial charge in [-0.15, -0.1) is 12.4 Å². The molecule has 0 aromatic carbocycles. The maximum absolute atomic E-state index is 13.7. The largest absolute Gasteiger partial charge is 0.308 e. The van der Waals surface area contributed by atoms with Gasteiger partial charge in [-0.3, -0.25) is 4.68 Å². The van der Waals surface area contributed by atoms with Crippen LogP contribution in [0.1, 0.15) is 23.7 Å². The average molecular weight is 288 g/mol. The van der Waals surface area contributed by atoms with Gasteiger partial charge >= 0.3 is 0 Å². The summed E-state index contributed by atoms with van der Waals surface area (Å²) in [5, 5.41) is 11.4. The second kappa shape index (κ2) is 6.68. The van der Waals surface area contributed by atoms with E-state index in [0.717, 1.165) is 11.3 Å². The van der Waals surface area contributed by atoms with Crippen molar-refractivity contribution in [2.75, 3.05) is 0 Å². The van der Waals surface area contributed by atoms with Crippen molar-refractivity contribution in [1.82, 2.24) is 24.9 Å². The molecular formula is C12H19ClFN5. The fourth-order valence-electron chi connectivity index (χ4n) is 1.90. The minimum atomic E-state index is -0.257. The van der Waals surface area contributed by atoms with Crippen LogP contribution in [0.2, 0.25) is 0 Å². The number of aromatic nitrogens is 4. The van der Waals surface area contributed by atoms with Crippen molar-refractivity contribution in [3.8, 4) is 0 Å². The summed E-state index contributed by atoms with van der Waals surface area (Å²) in [6, 6.07) is 0. The Morgan fingerprint density at radius 2 is 2.00 bits per heavy atom. The van der Waals surface area contributed by atoms with Crippen LogP contribution in [0.15, 0.2) is 12.4 Å². The second-order valence-electron chi connectivity index (χ2n) is 4.29. The van der Waals surface area contributed by atoms with Crippen molar-refractivity contribution in [3.63, 3.8) is 0 Å². The summed E-state index contributed by atoms with van der Waals surface area (Å²) in [5.41, 5.74) is 2.72. The SMILES string of the molecule is CCn1ncc(CNCc2cn(C)nc2C)c1F.Cl. The van der Waals surface area contributed by atoms with E-state index in [9.17, 15) is 4.39 Å². The Kier molecular flexibility index (Phi) is 5.50. The van der Waals surface area contributed by atoms with Crippen LogP contribution in [0, 0.1) is 12.9 Å². The summed E-state index contributed by atoms with van der Waals surface area (Å²) in [6.07, 6.45) is 3.54. The maximum Gasteiger partial charge on any atom is 0.215 e. The van der Waals surface area contributed by atoms with Gasteiger partial charge in [-0.2, -0.15) is 14.6 Å². The molecule has 0 aliphatic carbocycles. The highest BCUT2D eigenvalue weighted by atomic mass is 35.5. The highest BCUT2D eigenvalue weighted by molar-refractivity contribution is 5.85. The van der Waals surface area contributed by atoms with Gasteiger partial charge < -0.3 is 5.32 Å². The molecule has 0 spiro atoms. The van der Waals surface area contributed by atoms with E-state index in [-0.39, 0.29) is 18.4 Å². The first-order chi connectivity index (χ1) is 8.61. The van der Waals surface area contributed by atoms with Gasteiger partial charge in [0.1, 0.15) is 0 Å². The molecule has 0 atom stereocenters. The number of nitrogens with one attached hydrogen (secondary N) is 1. The quantitative estimate of drug-likeness (QED) is 0.912. The van der Waals surface area contributed by atoms with E-state index in [2.05, 4.69) is 15.5 Å². The molecular weight excluding hydrogens is 269 g/mol. The molecule has 19 heavy (non-hydrogen) atoms. The number of nitrogens with zero attached hydrogens (tertiary/aromatic N) is 4. The summed E-state index contributed by atoms with van der Waals surface area (Å²) in [4.78, 5) is 0. The predicted molar refractivity (Wildman–Crippen MR) is 73.6 cm³/mol. The number of hydrogen-bond donors (Lipinski definition) is 1. The minimum Gasteiger partial charge on any atom is -0.308 e. The standard InChI is InChI=1S/C12H18FN5.ClH/c1-4-18-12(13)10(7-15-18)5-14-6-11-8-17(3)16-9(11)2;/h7-8,14H,4-6H2,1-3H3;1H. The lowest BCUT2D eigenvalue weighted by Crippen LogP contribution is -2.14. The van der Waals surface area contributed by atoms with Crippen molar-refractivity contribution < 1.29 is 4.39 Å². The fraction of sp³-hybridized carbons (Fsp3) is 0.500. The van der Waals surface area contributed by atoms with E-state index in [0.29, 0.717) is 25.2 Å². The van der Waals surface area contributed by atoms with Crippen LogP contribution in [0.5, 0.6) is 0 Å². The normalized spacial score (nSPS) is 10.5. The lowest BCUT2D eigenvalue weighted by atomic mass is 10.2. The molecule has 0 saturated heterocycles. The van der Waals surface area contributed by atoms with Gasteiger partial charge in [0.15, 0.2) is 0 Å². The summed E-state index contributed by atoms with van der Waals surface area (Å²) in [7, 11) is 1.89. The lowest BCUT2D eigenvalue weighted by molar-refractivity contribution is 0.460. The molecule has 0 unspecified atom stereocenters. The molecule has 2 aromatic heterocycles. The van der Waals surface area contributed by atoms with Gasteiger partial charge in [-0.1, -0.05) is 0 Å². The van der Waals surface area contributed by atoms with Gasteiger partial charge in [0.2, 0.25) is 5.95 Å². The third kappa shape index (κ3) is 3.54. The Hall–Kier alpha value is -1.40. The van der Waals surface area contributed by atoms with Crippen LogP contribution >= 0.6 is 12.4 Å². The highest BCUT2D eigenvalue weighted by Crippen LogP contribution is 2.08. The monoisotopic (exact) mass is 287 g/mol. The highest BCUT2D eigenvalue weighted by Gasteiger charge is 2.09. The first-order valence-electron chi connectivity index (χ1n) is 6.01. The Bertz CT molecular complexity index is 534. The van der Waals surface area contributed by atoms with Gasteiger partial charge in [0, 0.05) is 44.0 Å². The molecule has 0 radical (unpaired) electrons. The summed E-state index contributed by atoms with van der Waals surface area (Å²) >= 11 is 0. The molecule has 106 valence electrons. The molecule has 0 saturated carbocycles. The van der Waals surface area contributed by atoms with Crippen LogP contribution in [0.4, 0.5) is 4.39 Å². The first-order valence-corrected chi connectivity index (χ1v) is 6.01. The lowest BCUT2D eigenvalue weighted by Gasteiger charge is -2.02. The van der Waals surface area contributed by atoms with E-state index in [1.54, 1.807) is 10.9 Å². The first kappa shape index (κ1) is 15.7. The molecule has 0 amide bonds. The van der Waals surface area contributed by atoms with Gasteiger partial charge in [-0.05, 0) is 13.8 Å².